The Morgan fingerprint density at radius 3 is 1.26 bits per heavy atom. The molecule has 6 nitrogen and oxygen atoms in total. The van der Waals surface area contributed by atoms with Gasteiger partial charge in [-0.3, -0.25) is 10.1 Å². The molecule has 0 atom stereocenters. The van der Waals surface area contributed by atoms with Gasteiger partial charge in [-0.05, 0) is 42.0 Å². The maximum absolute atomic E-state index is 13.2. The average Bonchev–Trinajstić information content (AvgIpc) is 2.90. The molecule has 4 rings (SSSR count). The van der Waals surface area contributed by atoms with Crippen LogP contribution in [-0.2, 0) is 11.2 Å². The SMILES string of the molecule is O=C(Cc1ccccc1)NC(=C(Cl)Cl)[P+](c1ccccc1)(c1ccccc1)c1ccccc1.[O-][Cl+3]([O-])([O-])[O-]. The van der Waals surface area contributed by atoms with Gasteiger partial charge in [0.25, 0.3) is 0 Å². The molecule has 0 heterocycles. The van der Waals surface area contributed by atoms with Crippen LogP contribution in [0.25, 0.3) is 0 Å². The molecule has 0 aliphatic carbocycles. The molecule has 4 aromatic carbocycles. The first-order valence-electron chi connectivity index (χ1n) is 11.2. The van der Waals surface area contributed by atoms with Gasteiger partial charge < -0.3 is 0 Å². The number of carbonyl (C=O) groups is 1. The zero-order valence-corrected chi connectivity index (χ0v) is 23.0. The van der Waals surface area contributed by atoms with Gasteiger partial charge >= 0.3 is 0 Å². The Morgan fingerprint density at radius 2 is 0.947 bits per heavy atom. The van der Waals surface area contributed by atoms with Crippen molar-refractivity contribution in [1.82, 2.24) is 5.32 Å². The topological polar surface area (TPSA) is 121 Å². The van der Waals surface area contributed by atoms with Gasteiger partial charge in [0.1, 0.15) is 15.9 Å². The molecular formula is C28H23Cl3NO5P. The van der Waals surface area contributed by atoms with E-state index >= 15 is 0 Å². The highest BCUT2D eigenvalue weighted by molar-refractivity contribution is 7.99. The fraction of sp³-hybridized carbons (Fsp3) is 0.0357. The Bertz CT molecular complexity index is 1230. The zero-order chi connectivity index (χ0) is 27.6. The van der Waals surface area contributed by atoms with Crippen LogP contribution >= 0.6 is 30.5 Å². The van der Waals surface area contributed by atoms with Gasteiger partial charge in [-0.2, -0.15) is 0 Å². The normalized spacial score (nSPS) is 11.1. The van der Waals surface area contributed by atoms with Crippen molar-refractivity contribution < 1.29 is 33.7 Å². The second kappa shape index (κ2) is 13.9. The molecule has 0 spiro atoms. The van der Waals surface area contributed by atoms with E-state index in [9.17, 15) is 4.79 Å². The molecule has 0 saturated carbocycles. The molecule has 38 heavy (non-hydrogen) atoms. The third-order valence-electron chi connectivity index (χ3n) is 5.41. The molecule has 1 amide bonds. The maximum Gasteiger partial charge on any atom is 0.231 e. The van der Waals surface area contributed by atoms with Crippen LogP contribution in [0.15, 0.2) is 131 Å². The lowest BCUT2D eigenvalue weighted by atomic mass is 10.1. The van der Waals surface area contributed by atoms with Gasteiger partial charge in [0.05, 0.1) is 6.42 Å². The number of nitrogens with one attached hydrogen (secondary N) is 1. The molecule has 0 aliphatic heterocycles. The molecular weight excluding hydrogens is 568 g/mol. The quantitative estimate of drug-likeness (QED) is 0.324. The minimum atomic E-state index is -4.94. The summed E-state index contributed by atoms with van der Waals surface area (Å²) in [6.45, 7) is 0. The molecule has 4 aromatic rings. The molecule has 0 aromatic heterocycles. The highest BCUT2D eigenvalue weighted by atomic mass is 35.7. The third-order valence-corrected chi connectivity index (χ3v) is 10.3. The van der Waals surface area contributed by atoms with Crippen LogP contribution in [0.4, 0.5) is 0 Å². The average molecular weight is 591 g/mol. The van der Waals surface area contributed by atoms with E-state index in [4.69, 9.17) is 41.8 Å². The van der Waals surface area contributed by atoms with Crippen molar-refractivity contribution >= 4 is 52.3 Å². The molecule has 0 saturated heterocycles. The Kier molecular flexibility index (Phi) is 10.9. The first-order valence-corrected chi connectivity index (χ1v) is 15.0. The van der Waals surface area contributed by atoms with Crippen LogP contribution < -0.4 is 39.9 Å². The van der Waals surface area contributed by atoms with E-state index in [1.807, 2.05) is 84.9 Å². The van der Waals surface area contributed by atoms with E-state index in [0.29, 0.717) is 5.44 Å². The number of amides is 1. The lowest BCUT2D eigenvalue weighted by molar-refractivity contribution is -2.00. The fourth-order valence-electron chi connectivity index (χ4n) is 4.00. The maximum atomic E-state index is 13.2. The summed E-state index contributed by atoms with van der Waals surface area (Å²) in [4.78, 5) is 13.2. The van der Waals surface area contributed by atoms with Crippen LogP contribution in [0.3, 0.4) is 0 Å². The van der Waals surface area contributed by atoms with Gasteiger partial charge in [0.15, 0.2) is 11.8 Å². The Morgan fingerprint density at radius 1 is 0.632 bits per heavy atom. The van der Waals surface area contributed by atoms with Crippen LogP contribution in [0, 0.1) is 10.2 Å². The summed E-state index contributed by atoms with van der Waals surface area (Å²) in [6.07, 6.45) is 0.226. The minimum absolute atomic E-state index is 0.0568. The first-order chi connectivity index (χ1) is 18.1. The largest absolute Gasteiger partial charge is 0.294 e. The first kappa shape index (κ1) is 29.8. The summed E-state index contributed by atoms with van der Waals surface area (Å²) < 4.78 is 34.0. The predicted molar refractivity (Wildman–Crippen MR) is 142 cm³/mol. The van der Waals surface area contributed by atoms with Crippen molar-refractivity contribution in [3.8, 4) is 0 Å². The number of rotatable bonds is 7. The summed E-state index contributed by atoms with van der Waals surface area (Å²) in [5.74, 6) is -0.165. The summed E-state index contributed by atoms with van der Waals surface area (Å²) in [6, 6.07) is 40.0. The Balaban J connectivity index is 0.000000732. The van der Waals surface area contributed by atoms with E-state index in [1.165, 1.54) is 0 Å². The molecule has 0 unspecified atom stereocenters. The van der Waals surface area contributed by atoms with E-state index in [0.717, 1.165) is 21.5 Å². The van der Waals surface area contributed by atoms with Gasteiger partial charge in [-0.1, -0.05) is 108 Å². The Hall–Kier alpha value is -2.77. The summed E-state index contributed by atoms with van der Waals surface area (Å²) in [5, 5.41) is 6.28. The Labute approximate surface area is 233 Å². The summed E-state index contributed by atoms with van der Waals surface area (Å²) >= 11 is 13.2. The van der Waals surface area contributed by atoms with Crippen LogP contribution in [0.5, 0.6) is 0 Å². The standard InChI is InChI=1S/C28H22Cl2NOP.ClHO4/c29-27(30)28(31-26(32)21-22-13-5-1-6-14-22)33(23-15-7-2-8-16-23,24-17-9-3-10-18-24)25-19-11-4-12-20-25;2-1(3,4)5/h1-20H,21H2;(H,2,3,4,5). The predicted octanol–water partition coefficient (Wildman–Crippen LogP) is 1.19. The van der Waals surface area contributed by atoms with Gasteiger partial charge in [0.2, 0.25) is 11.3 Å². The van der Waals surface area contributed by atoms with E-state index in [1.54, 1.807) is 0 Å². The van der Waals surface area contributed by atoms with Gasteiger partial charge in [-0.25, -0.2) is 18.6 Å². The minimum Gasteiger partial charge on any atom is -0.294 e. The van der Waals surface area contributed by atoms with E-state index < -0.39 is 17.5 Å². The third kappa shape index (κ3) is 8.11. The highest BCUT2D eigenvalue weighted by Gasteiger charge is 2.52. The van der Waals surface area contributed by atoms with Gasteiger partial charge in [-0.15, -0.1) is 10.2 Å². The van der Waals surface area contributed by atoms with Crippen molar-refractivity contribution in [3.05, 3.63) is 137 Å². The highest BCUT2D eigenvalue weighted by Crippen LogP contribution is 2.63. The van der Waals surface area contributed by atoms with Crippen molar-refractivity contribution in [1.29, 1.82) is 0 Å². The van der Waals surface area contributed by atoms with Crippen LogP contribution in [0.1, 0.15) is 5.56 Å². The summed E-state index contributed by atoms with van der Waals surface area (Å²) in [5.41, 5.74) is 1.46. The van der Waals surface area contributed by atoms with Crippen LogP contribution in [0.2, 0.25) is 0 Å². The number of hydrogen-bond donors (Lipinski definition) is 1. The molecule has 0 aliphatic rings. The lowest BCUT2D eigenvalue weighted by Crippen LogP contribution is -2.68. The van der Waals surface area contributed by atoms with Gasteiger partial charge in [0, 0.05) is 0 Å². The van der Waals surface area contributed by atoms with Crippen molar-refractivity contribution in [2.45, 2.75) is 6.42 Å². The van der Waals surface area contributed by atoms with Crippen molar-refractivity contribution in [3.63, 3.8) is 0 Å². The number of hydrogen-bond acceptors (Lipinski definition) is 5. The molecule has 196 valence electrons. The molecule has 0 radical (unpaired) electrons. The molecule has 10 heteroatoms. The number of benzene rings is 4. The second-order valence-corrected chi connectivity index (χ2v) is 12.9. The van der Waals surface area contributed by atoms with E-state index in [2.05, 4.69) is 41.7 Å². The van der Waals surface area contributed by atoms with E-state index in [-0.39, 0.29) is 16.8 Å². The smallest absolute Gasteiger partial charge is 0.231 e. The number of carbonyl (C=O) groups excluding carboxylic acids is 1. The van der Waals surface area contributed by atoms with Crippen molar-refractivity contribution in [2.24, 2.45) is 0 Å². The second-order valence-electron chi connectivity index (χ2n) is 7.88. The molecule has 0 fully saturated rings. The fourth-order valence-corrected chi connectivity index (χ4v) is 8.93. The zero-order valence-electron chi connectivity index (χ0n) is 19.9. The summed E-state index contributed by atoms with van der Waals surface area (Å²) in [7, 11) is -7.54. The number of halogens is 3. The molecule has 0 bridgehead atoms. The van der Waals surface area contributed by atoms with Crippen molar-refractivity contribution in [2.75, 3.05) is 0 Å². The van der Waals surface area contributed by atoms with Crippen LogP contribution in [-0.4, -0.2) is 5.91 Å². The lowest BCUT2D eigenvalue weighted by Gasteiger charge is -2.29. The molecule has 1 N–H and O–H groups in total. The monoisotopic (exact) mass is 589 g/mol.